The van der Waals surface area contributed by atoms with Crippen LogP contribution in [0.25, 0.3) is 0 Å². The zero-order valence-electron chi connectivity index (χ0n) is 7.61. The number of rotatable bonds is 3. The number of nitrogens with two attached hydrogens (primary N) is 1. The highest BCUT2D eigenvalue weighted by Gasteiger charge is 2.21. The van der Waals surface area contributed by atoms with E-state index in [1.165, 1.54) is 18.4 Å². The molecule has 1 heterocycles. The van der Waals surface area contributed by atoms with Crippen molar-refractivity contribution < 1.29 is 9.53 Å². The van der Waals surface area contributed by atoms with Crippen LogP contribution in [0, 0.1) is 0 Å². The third-order valence-electron chi connectivity index (χ3n) is 1.79. The molecule has 4 nitrogen and oxygen atoms in total. The molecule has 0 aliphatic rings. The summed E-state index contributed by atoms with van der Waals surface area (Å²) in [5.74, 6) is -0.536. The molecule has 0 saturated heterocycles. The molecule has 1 aromatic rings. The molecular weight excluding hydrogens is 188 g/mol. The summed E-state index contributed by atoms with van der Waals surface area (Å²) in [5.41, 5.74) is 6.17. The van der Waals surface area contributed by atoms with E-state index in [9.17, 15) is 4.79 Å². The molecule has 0 radical (unpaired) electrons. The number of ether oxygens (including phenoxy) is 1. The van der Waals surface area contributed by atoms with Crippen LogP contribution in [0.4, 0.5) is 5.13 Å². The van der Waals surface area contributed by atoms with E-state index >= 15 is 0 Å². The van der Waals surface area contributed by atoms with Gasteiger partial charge in [-0.15, -0.1) is 11.3 Å². The standard InChI is InChI=1S/C8H12N2O2S/c1-3-5(7(11)12-2)6-4-13-8(9)10-6/h4-5H,3H2,1-2H3,(H2,9,10). The van der Waals surface area contributed by atoms with Crippen molar-refractivity contribution in [2.75, 3.05) is 12.8 Å². The number of nitrogens with zero attached hydrogens (tertiary/aromatic N) is 1. The molecule has 1 unspecified atom stereocenters. The molecule has 1 aromatic heterocycles. The lowest BCUT2D eigenvalue weighted by Crippen LogP contribution is -2.13. The molecule has 72 valence electrons. The van der Waals surface area contributed by atoms with Crippen molar-refractivity contribution in [3.05, 3.63) is 11.1 Å². The number of hydrogen-bond donors (Lipinski definition) is 1. The molecule has 0 spiro atoms. The summed E-state index contributed by atoms with van der Waals surface area (Å²) >= 11 is 1.33. The first kappa shape index (κ1) is 9.98. The summed E-state index contributed by atoms with van der Waals surface area (Å²) in [6, 6.07) is 0. The number of esters is 1. The van der Waals surface area contributed by atoms with E-state index in [0.717, 1.165) is 0 Å². The molecule has 5 heteroatoms. The minimum absolute atomic E-state index is 0.257. The van der Waals surface area contributed by atoms with Crippen LogP contribution in [0.5, 0.6) is 0 Å². The number of carbonyl (C=O) groups excluding carboxylic acids is 1. The van der Waals surface area contributed by atoms with Crippen molar-refractivity contribution in [1.82, 2.24) is 4.98 Å². The van der Waals surface area contributed by atoms with Crippen LogP contribution in [-0.2, 0) is 9.53 Å². The van der Waals surface area contributed by atoms with Gasteiger partial charge in [0.15, 0.2) is 5.13 Å². The predicted molar refractivity (Wildman–Crippen MR) is 51.6 cm³/mol. The molecule has 0 aliphatic carbocycles. The molecule has 0 amide bonds. The van der Waals surface area contributed by atoms with Gasteiger partial charge in [-0.3, -0.25) is 4.79 Å². The molecule has 1 rings (SSSR count). The van der Waals surface area contributed by atoms with Crippen molar-refractivity contribution in [1.29, 1.82) is 0 Å². The van der Waals surface area contributed by atoms with Gasteiger partial charge in [-0.05, 0) is 6.42 Å². The molecule has 2 N–H and O–H groups in total. The van der Waals surface area contributed by atoms with Crippen LogP contribution in [0.3, 0.4) is 0 Å². The minimum Gasteiger partial charge on any atom is -0.469 e. The fourth-order valence-corrected chi connectivity index (χ4v) is 1.72. The van der Waals surface area contributed by atoms with Crippen molar-refractivity contribution >= 4 is 22.4 Å². The Bertz CT molecular complexity index is 298. The molecular formula is C8H12N2O2S. The van der Waals surface area contributed by atoms with Crippen LogP contribution in [-0.4, -0.2) is 18.1 Å². The van der Waals surface area contributed by atoms with E-state index in [1.54, 1.807) is 5.38 Å². The number of carbonyl (C=O) groups is 1. The Morgan fingerprint density at radius 1 is 1.85 bits per heavy atom. The second-order valence-electron chi connectivity index (χ2n) is 2.59. The first-order valence-electron chi connectivity index (χ1n) is 3.97. The van der Waals surface area contributed by atoms with Gasteiger partial charge < -0.3 is 10.5 Å². The fourth-order valence-electron chi connectivity index (χ4n) is 1.10. The molecule has 13 heavy (non-hydrogen) atoms. The summed E-state index contributed by atoms with van der Waals surface area (Å²) in [6.07, 6.45) is 0.676. The third kappa shape index (κ3) is 2.18. The van der Waals surface area contributed by atoms with Crippen molar-refractivity contribution in [3.8, 4) is 0 Å². The average Bonchev–Trinajstić information content (AvgIpc) is 2.53. The van der Waals surface area contributed by atoms with Gasteiger partial charge in [0.1, 0.15) is 0 Å². The summed E-state index contributed by atoms with van der Waals surface area (Å²) in [6.45, 7) is 1.91. The van der Waals surface area contributed by atoms with E-state index in [0.29, 0.717) is 17.2 Å². The molecule has 1 atom stereocenters. The summed E-state index contributed by atoms with van der Waals surface area (Å²) < 4.78 is 4.65. The van der Waals surface area contributed by atoms with Crippen LogP contribution >= 0.6 is 11.3 Å². The molecule has 0 aromatic carbocycles. The summed E-state index contributed by atoms with van der Waals surface area (Å²) in [7, 11) is 1.38. The minimum atomic E-state index is -0.279. The van der Waals surface area contributed by atoms with Gasteiger partial charge in [0.25, 0.3) is 0 Å². The Labute approximate surface area is 80.7 Å². The highest BCUT2D eigenvalue weighted by Crippen LogP contribution is 2.23. The Balaban J connectivity index is 2.84. The van der Waals surface area contributed by atoms with Gasteiger partial charge in [-0.2, -0.15) is 0 Å². The smallest absolute Gasteiger partial charge is 0.314 e. The van der Waals surface area contributed by atoms with E-state index < -0.39 is 0 Å². The number of nitrogen functional groups attached to an aromatic ring is 1. The highest BCUT2D eigenvalue weighted by atomic mass is 32.1. The Kier molecular flexibility index (Phi) is 3.25. The lowest BCUT2D eigenvalue weighted by molar-refractivity contribution is -0.142. The summed E-state index contributed by atoms with van der Waals surface area (Å²) in [4.78, 5) is 15.3. The fraction of sp³-hybridized carbons (Fsp3) is 0.500. The normalized spacial score (nSPS) is 12.5. The van der Waals surface area contributed by atoms with Gasteiger partial charge in [0.05, 0.1) is 18.7 Å². The second-order valence-corrected chi connectivity index (χ2v) is 3.48. The van der Waals surface area contributed by atoms with E-state index in [-0.39, 0.29) is 11.9 Å². The lowest BCUT2D eigenvalue weighted by Gasteiger charge is -2.08. The van der Waals surface area contributed by atoms with Gasteiger partial charge in [0.2, 0.25) is 0 Å². The number of hydrogen-bond acceptors (Lipinski definition) is 5. The quantitative estimate of drug-likeness (QED) is 0.749. The third-order valence-corrected chi connectivity index (χ3v) is 2.48. The van der Waals surface area contributed by atoms with Crippen molar-refractivity contribution in [3.63, 3.8) is 0 Å². The lowest BCUT2D eigenvalue weighted by atomic mass is 10.0. The first-order valence-corrected chi connectivity index (χ1v) is 4.85. The molecule has 0 saturated carbocycles. The van der Waals surface area contributed by atoms with E-state index in [4.69, 9.17) is 5.73 Å². The number of methoxy groups -OCH3 is 1. The maximum Gasteiger partial charge on any atom is 0.314 e. The zero-order valence-corrected chi connectivity index (χ0v) is 8.43. The second kappa shape index (κ2) is 4.23. The molecule has 0 bridgehead atoms. The van der Waals surface area contributed by atoms with Crippen LogP contribution in [0.2, 0.25) is 0 Å². The monoisotopic (exact) mass is 200 g/mol. The van der Waals surface area contributed by atoms with E-state index in [1.807, 2.05) is 6.92 Å². The van der Waals surface area contributed by atoms with Gasteiger partial charge in [0, 0.05) is 5.38 Å². The summed E-state index contributed by atoms with van der Waals surface area (Å²) in [5, 5.41) is 2.28. The molecule has 0 fully saturated rings. The van der Waals surface area contributed by atoms with Gasteiger partial charge in [-0.1, -0.05) is 6.92 Å². The topological polar surface area (TPSA) is 65.2 Å². The van der Waals surface area contributed by atoms with Crippen LogP contribution in [0.15, 0.2) is 5.38 Å². The van der Waals surface area contributed by atoms with Gasteiger partial charge in [-0.25, -0.2) is 4.98 Å². The Morgan fingerprint density at radius 2 is 2.54 bits per heavy atom. The van der Waals surface area contributed by atoms with Crippen molar-refractivity contribution in [2.45, 2.75) is 19.3 Å². The molecule has 0 aliphatic heterocycles. The average molecular weight is 200 g/mol. The first-order chi connectivity index (χ1) is 6.19. The van der Waals surface area contributed by atoms with Crippen LogP contribution in [0.1, 0.15) is 25.0 Å². The maximum absolute atomic E-state index is 11.3. The predicted octanol–water partition coefficient (Wildman–Crippen LogP) is 1.39. The Morgan fingerprint density at radius 3 is 2.92 bits per heavy atom. The maximum atomic E-state index is 11.3. The number of aromatic nitrogens is 1. The van der Waals surface area contributed by atoms with Crippen molar-refractivity contribution in [2.24, 2.45) is 0 Å². The van der Waals surface area contributed by atoms with Gasteiger partial charge >= 0.3 is 5.97 Å². The van der Waals surface area contributed by atoms with E-state index in [2.05, 4.69) is 9.72 Å². The number of anilines is 1. The Hall–Kier alpha value is -1.10. The van der Waals surface area contributed by atoms with Crippen LogP contribution < -0.4 is 5.73 Å². The number of thiazole rings is 1. The largest absolute Gasteiger partial charge is 0.469 e. The SMILES string of the molecule is CCC(C(=O)OC)c1csc(N)n1. The highest BCUT2D eigenvalue weighted by molar-refractivity contribution is 7.13. The zero-order chi connectivity index (χ0) is 9.84.